The highest BCUT2D eigenvalue weighted by Gasteiger charge is 2.23. The van der Waals surface area contributed by atoms with Crippen LogP contribution in [0.2, 0.25) is 5.02 Å². The number of halogens is 1. The SMILES string of the molecule is CCOc1c(Cl)cccc1NC(=O)c1c(C)oc2ncn(C)c(=O)c12. The zero-order valence-corrected chi connectivity index (χ0v) is 14.7. The molecule has 0 spiro atoms. The van der Waals surface area contributed by atoms with E-state index in [1.165, 1.54) is 10.9 Å². The third kappa shape index (κ3) is 2.98. The molecule has 7 nitrogen and oxygen atoms in total. The molecular weight excluding hydrogens is 346 g/mol. The lowest BCUT2D eigenvalue weighted by Gasteiger charge is -2.12. The first kappa shape index (κ1) is 17.0. The highest BCUT2D eigenvalue weighted by atomic mass is 35.5. The number of furan rings is 1. The van der Waals surface area contributed by atoms with Gasteiger partial charge in [-0.25, -0.2) is 4.98 Å². The van der Waals surface area contributed by atoms with Crippen LogP contribution in [-0.2, 0) is 7.05 Å². The van der Waals surface area contributed by atoms with Crippen LogP contribution in [0.15, 0.2) is 33.7 Å². The van der Waals surface area contributed by atoms with E-state index in [1.54, 1.807) is 32.2 Å². The minimum absolute atomic E-state index is 0.127. The number of aryl methyl sites for hydroxylation is 2. The van der Waals surface area contributed by atoms with Gasteiger partial charge in [0.2, 0.25) is 5.71 Å². The summed E-state index contributed by atoms with van der Waals surface area (Å²) in [5, 5.41) is 3.25. The molecular formula is C17H16ClN3O4. The Balaban J connectivity index is 2.08. The van der Waals surface area contributed by atoms with E-state index >= 15 is 0 Å². The minimum atomic E-state index is -0.496. The third-order valence-electron chi connectivity index (χ3n) is 3.68. The third-order valence-corrected chi connectivity index (χ3v) is 3.98. The number of anilines is 1. The molecule has 0 atom stereocenters. The number of rotatable bonds is 4. The van der Waals surface area contributed by atoms with Crippen molar-refractivity contribution >= 4 is 34.3 Å². The van der Waals surface area contributed by atoms with Gasteiger partial charge < -0.3 is 19.0 Å². The van der Waals surface area contributed by atoms with E-state index in [4.69, 9.17) is 20.8 Å². The van der Waals surface area contributed by atoms with E-state index < -0.39 is 5.91 Å². The molecule has 1 aromatic carbocycles. The summed E-state index contributed by atoms with van der Waals surface area (Å²) >= 11 is 6.13. The van der Waals surface area contributed by atoms with Crippen LogP contribution in [0.4, 0.5) is 5.69 Å². The number of hydrogen-bond acceptors (Lipinski definition) is 5. The second-order valence-electron chi connectivity index (χ2n) is 5.38. The van der Waals surface area contributed by atoms with Gasteiger partial charge in [-0.1, -0.05) is 17.7 Å². The van der Waals surface area contributed by atoms with Crippen LogP contribution in [0.5, 0.6) is 5.75 Å². The summed E-state index contributed by atoms with van der Waals surface area (Å²) in [6.45, 7) is 3.82. The summed E-state index contributed by atoms with van der Waals surface area (Å²) < 4.78 is 12.2. The predicted octanol–water partition coefficient (Wildman–Crippen LogP) is 3.14. The van der Waals surface area contributed by atoms with Crippen molar-refractivity contribution in [2.45, 2.75) is 13.8 Å². The van der Waals surface area contributed by atoms with E-state index in [0.29, 0.717) is 28.8 Å². The van der Waals surface area contributed by atoms with Crippen molar-refractivity contribution < 1.29 is 13.9 Å². The summed E-state index contributed by atoms with van der Waals surface area (Å²) in [6, 6.07) is 5.03. The molecule has 0 unspecified atom stereocenters. The average Bonchev–Trinajstić information content (AvgIpc) is 2.91. The first-order valence-corrected chi connectivity index (χ1v) is 7.99. The number of nitrogens with one attached hydrogen (secondary N) is 1. The topological polar surface area (TPSA) is 86.4 Å². The number of ether oxygens (including phenoxy) is 1. The van der Waals surface area contributed by atoms with Crippen molar-refractivity contribution in [3.05, 3.63) is 51.2 Å². The Morgan fingerprint density at radius 2 is 2.20 bits per heavy atom. The van der Waals surface area contributed by atoms with Gasteiger partial charge in [-0.2, -0.15) is 0 Å². The molecule has 0 radical (unpaired) electrons. The first-order chi connectivity index (χ1) is 11.9. The van der Waals surface area contributed by atoms with Crippen molar-refractivity contribution in [3.63, 3.8) is 0 Å². The highest BCUT2D eigenvalue weighted by Crippen LogP contribution is 2.33. The molecule has 0 fully saturated rings. The maximum Gasteiger partial charge on any atom is 0.265 e. The molecule has 0 bridgehead atoms. The van der Waals surface area contributed by atoms with Gasteiger partial charge in [-0.05, 0) is 26.0 Å². The Morgan fingerprint density at radius 1 is 1.44 bits per heavy atom. The number of nitrogens with zero attached hydrogens (tertiary/aromatic N) is 2. The number of para-hydroxylation sites is 1. The summed E-state index contributed by atoms with van der Waals surface area (Å²) in [4.78, 5) is 29.2. The van der Waals surface area contributed by atoms with E-state index in [1.807, 2.05) is 6.92 Å². The number of carbonyl (C=O) groups is 1. The number of hydrogen-bond donors (Lipinski definition) is 1. The summed E-state index contributed by atoms with van der Waals surface area (Å²) in [5.41, 5.74) is 0.324. The number of fused-ring (bicyclic) bond motifs is 1. The fourth-order valence-electron chi connectivity index (χ4n) is 2.54. The zero-order valence-electron chi connectivity index (χ0n) is 13.9. The van der Waals surface area contributed by atoms with Crippen molar-refractivity contribution in [2.24, 2.45) is 7.05 Å². The Morgan fingerprint density at radius 3 is 2.92 bits per heavy atom. The van der Waals surface area contributed by atoms with Crippen molar-refractivity contribution in [1.29, 1.82) is 0 Å². The van der Waals surface area contributed by atoms with Gasteiger partial charge in [0.1, 0.15) is 17.5 Å². The van der Waals surface area contributed by atoms with Crippen LogP contribution >= 0.6 is 11.6 Å². The average molecular weight is 362 g/mol. The lowest BCUT2D eigenvalue weighted by Crippen LogP contribution is -2.20. The van der Waals surface area contributed by atoms with Crippen molar-refractivity contribution in [1.82, 2.24) is 9.55 Å². The lowest BCUT2D eigenvalue weighted by atomic mass is 10.1. The lowest BCUT2D eigenvalue weighted by molar-refractivity contribution is 0.102. The number of aromatic nitrogens is 2. The molecule has 2 heterocycles. The second kappa shape index (κ2) is 6.60. The Labute approximate surface area is 148 Å². The number of benzene rings is 1. The Bertz CT molecular complexity index is 1020. The summed E-state index contributed by atoms with van der Waals surface area (Å²) in [7, 11) is 1.56. The van der Waals surface area contributed by atoms with Gasteiger partial charge in [0.25, 0.3) is 11.5 Å². The quantitative estimate of drug-likeness (QED) is 0.771. The number of amides is 1. The standard InChI is InChI=1S/C17H16ClN3O4/c1-4-24-14-10(18)6-5-7-11(14)20-15(22)12-9(2)25-16-13(12)17(23)21(3)8-19-16/h5-8H,4H2,1-3H3,(H,20,22). The first-order valence-electron chi connectivity index (χ1n) is 7.61. The largest absolute Gasteiger partial charge is 0.490 e. The molecule has 25 heavy (non-hydrogen) atoms. The molecule has 0 aliphatic heterocycles. The predicted molar refractivity (Wildman–Crippen MR) is 94.6 cm³/mol. The summed E-state index contributed by atoms with van der Waals surface area (Å²) in [6.07, 6.45) is 1.35. The van der Waals surface area contributed by atoms with Gasteiger partial charge in [-0.15, -0.1) is 0 Å². The van der Waals surface area contributed by atoms with Crippen LogP contribution < -0.4 is 15.6 Å². The van der Waals surface area contributed by atoms with E-state index in [2.05, 4.69) is 10.3 Å². The molecule has 0 saturated carbocycles. The molecule has 130 valence electrons. The highest BCUT2D eigenvalue weighted by molar-refractivity contribution is 6.32. The van der Waals surface area contributed by atoms with Crippen LogP contribution in [0.3, 0.4) is 0 Å². The van der Waals surface area contributed by atoms with E-state index in [0.717, 1.165) is 0 Å². The van der Waals surface area contributed by atoms with Gasteiger partial charge >= 0.3 is 0 Å². The molecule has 1 N–H and O–H groups in total. The fourth-order valence-corrected chi connectivity index (χ4v) is 2.77. The molecule has 0 aliphatic carbocycles. The maximum atomic E-state index is 12.8. The van der Waals surface area contributed by atoms with Gasteiger partial charge in [-0.3, -0.25) is 9.59 Å². The summed E-state index contributed by atoms with van der Waals surface area (Å²) in [5.74, 6) is 0.185. The smallest absolute Gasteiger partial charge is 0.265 e. The minimum Gasteiger partial charge on any atom is -0.490 e. The molecule has 3 aromatic rings. The van der Waals surface area contributed by atoms with Crippen LogP contribution in [0.25, 0.3) is 11.1 Å². The van der Waals surface area contributed by atoms with Crippen LogP contribution in [0.1, 0.15) is 23.0 Å². The Hall–Kier alpha value is -2.80. The van der Waals surface area contributed by atoms with Gasteiger partial charge in [0.05, 0.1) is 22.9 Å². The molecule has 0 saturated heterocycles. The van der Waals surface area contributed by atoms with Crippen LogP contribution in [-0.4, -0.2) is 22.1 Å². The molecule has 3 rings (SSSR count). The van der Waals surface area contributed by atoms with Gasteiger partial charge in [0.15, 0.2) is 5.75 Å². The van der Waals surface area contributed by atoms with Crippen molar-refractivity contribution in [3.8, 4) is 5.75 Å². The fraction of sp³-hybridized carbons (Fsp3) is 0.235. The second-order valence-corrected chi connectivity index (χ2v) is 5.78. The Kier molecular flexibility index (Phi) is 4.50. The molecule has 0 aliphatic rings. The normalized spacial score (nSPS) is 10.9. The zero-order chi connectivity index (χ0) is 18.1. The van der Waals surface area contributed by atoms with Gasteiger partial charge in [0, 0.05) is 7.05 Å². The van der Waals surface area contributed by atoms with Crippen LogP contribution in [0, 0.1) is 6.92 Å². The van der Waals surface area contributed by atoms with Crippen molar-refractivity contribution in [2.75, 3.05) is 11.9 Å². The molecule has 8 heteroatoms. The number of carbonyl (C=O) groups excluding carboxylic acids is 1. The maximum absolute atomic E-state index is 12.8. The van der Waals surface area contributed by atoms with E-state index in [-0.39, 0.29) is 22.2 Å². The molecule has 1 amide bonds. The van der Waals surface area contributed by atoms with E-state index in [9.17, 15) is 9.59 Å². The molecule has 2 aromatic heterocycles. The monoisotopic (exact) mass is 361 g/mol.